The number of para-hydroxylation sites is 1. The van der Waals surface area contributed by atoms with Crippen molar-refractivity contribution in [2.45, 2.75) is 44.8 Å². The number of anilines is 3. The van der Waals surface area contributed by atoms with E-state index in [1.165, 1.54) is 24.0 Å². The molecule has 29 heavy (non-hydrogen) atoms. The van der Waals surface area contributed by atoms with E-state index in [2.05, 4.69) is 28.4 Å². The summed E-state index contributed by atoms with van der Waals surface area (Å²) in [5.74, 6) is 2.23. The van der Waals surface area contributed by atoms with Crippen molar-refractivity contribution in [2.75, 3.05) is 16.8 Å². The first-order chi connectivity index (χ1) is 14.2. The monoisotopic (exact) mass is 386 g/mol. The van der Waals surface area contributed by atoms with E-state index in [9.17, 15) is 5.11 Å². The predicted molar refractivity (Wildman–Crippen MR) is 116 cm³/mol. The third-order valence-electron chi connectivity index (χ3n) is 5.81. The molecular weight excluding hydrogens is 360 g/mol. The Bertz CT molecular complexity index is 1010. The number of benzene rings is 2. The number of hydrogen-bond acceptors (Lipinski definition) is 5. The summed E-state index contributed by atoms with van der Waals surface area (Å²) in [5.41, 5.74) is 5.78. The van der Waals surface area contributed by atoms with Gasteiger partial charge in [0.05, 0.1) is 11.8 Å². The van der Waals surface area contributed by atoms with Crippen molar-refractivity contribution in [1.29, 1.82) is 0 Å². The molecule has 1 atom stereocenters. The van der Waals surface area contributed by atoms with Crippen LogP contribution >= 0.6 is 0 Å². The van der Waals surface area contributed by atoms with Crippen LogP contribution in [0.1, 0.15) is 54.2 Å². The molecule has 2 aliphatic rings. The summed E-state index contributed by atoms with van der Waals surface area (Å²) >= 11 is 0. The second-order valence-corrected chi connectivity index (χ2v) is 8.12. The highest BCUT2D eigenvalue weighted by Crippen LogP contribution is 2.40. The number of rotatable bonds is 5. The molecule has 148 valence electrons. The van der Waals surface area contributed by atoms with Gasteiger partial charge in [-0.05, 0) is 55.0 Å². The molecule has 1 aliphatic heterocycles. The molecule has 0 amide bonds. The Hall–Kier alpha value is -2.92. The molecule has 1 aromatic heterocycles. The number of aliphatic hydroxyl groups excluding tert-OH is 1. The molecule has 5 nitrogen and oxygen atoms in total. The summed E-state index contributed by atoms with van der Waals surface area (Å²) in [6, 6.07) is 18.6. The Balaban J connectivity index is 1.43. The van der Waals surface area contributed by atoms with E-state index in [0.29, 0.717) is 11.9 Å². The molecule has 2 heterocycles. The maximum Gasteiger partial charge on any atom is 0.229 e. The van der Waals surface area contributed by atoms with Crippen LogP contribution in [0.5, 0.6) is 0 Å². The van der Waals surface area contributed by atoms with E-state index in [1.54, 1.807) is 0 Å². The summed E-state index contributed by atoms with van der Waals surface area (Å²) in [5, 5.41) is 13.2. The Morgan fingerprint density at radius 2 is 1.86 bits per heavy atom. The van der Waals surface area contributed by atoms with Gasteiger partial charge in [-0.1, -0.05) is 36.4 Å². The highest BCUT2D eigenvalue weighted by Gasteiger charge is 2.28. The quantitative estimate of drug-likeness (QED) is 0.665. The Labute approximate surface area is 171 Å². The van der Waals surface area contributed by atoms with Crippen molar-refractivity contribution in [2.24, 2.45) is 0 Å². The summed E-state index contributed by atoms with van der Waals surface area (Å²) in [6.45, 7) is 3.57. The van der Waals surface area contributed by atoms with Crippen LogP contribution in [0.2, 0.25) is 0 Å². The molecule has 0 unspecified atom stereocenters. The fourth-order valence-corrected chi connectivity index (χ4v) is 3.94. The molecule has 5 rings (SSSR count). The average molecular weight is 386 g/mol. The SMILES string of the molecule is C[C@@H](O)c1ccc2c(c1)CCN(c1cc(C3CC3)nc(Nc3ccccc3)n1)C2. The number of nitrogens with zero attached hydrogens (tertiary/aromatic N) is 3. The molecule has 3 aromatic rings. The normalized spacial score (nSPS) is 17.0. The summed E-state index contributed by atoms with van der Waals surface area (Å²) in [7, 11) is 0. The number of fused-ring (bicyclic) bond motifs is 1. The zero-order chi connectivity index (χ0) is 19.8. The highest BCUT2D eigenvalue weighted by atomic mass is 16.3. The minimum atomic E-state index is -0.423. The van der Waals surface area contributed by atoms with Crippen LogP contribution < -0.4 is 10.2 Å². The third-order valence-corrected chi connectivity index (χ3v) is 5.81. The fraction of sp³-hybridized carbons (Fsp3) is 0.333. The van der Waals surface area contributed by atoms with Crippen LogP contribution in [0.4, 0.5) is 17.5 Å². The van der Waals surface area contributed by atoms with Gasteiger partial charge in [0.1, 0.15) is 5.82 Å². The lowest BCUT2D eigenvalue weighted by Gasteiger charge is -2.30. The van der Waals surface area contributed by atoms with Gasteiger partial charge in [0.15, 0.2) is 0 Å². The Morgan fingerprint density at radius 3 is 2.62 bits per heavy atom. The van der Waals surface area contributed by atoms with Gasteiger partial charge in [-0.2, -0.15) is 4.98 Å². The molecule has 0 radical (unpaired) electrons. The maximum atomic E-state index is 9.86. The van der Waals surface area contributed by atoms with Crippen LogP contribution in [0.25, 0.3) is 0 Å². The van der Waals surface area contributed by atoms with Crippen LogP contribution in [0.15, 0.2) is 54.6 Å². The Kier molecular flexibility index (Phi) is 4.68. The zero-order valence-electron chi connectivity index (χ0n) is 16.7. The van der Waals surface area contributed by atoms with Gasteiger partial charge in [0.2, 0.25) is 5.95 Å². The maximum absolute atomic E-state index is 9.86. The lowest BCUT2D eigenvalue weighted by Crippen LogP contribution is -2.31. The summed E-state index contributed by atoms with van der Waals surface area (Å²) in [4.78, 5) is 12.0. The molecule has 1 saturated carbocycles. The molecular formula is C24H26N4O. The summed E-state index contributed by atoms with van der Waals surface area (Å²) in [6.07, 6.45) is 2.96. The number of aromatic nitrogens is 2. The lowest BCUT2D eigenvalue weighted by atomic mass is 9.96. The van der Waals surface area contributed by atoms with E-state index in [0.717, 1.165) is 42.3 Å². The fourth-order valence-electron chi connectivity index (χ4n) is 3.94. The first-order valence-corrected chi connectivity index (χ1v) is 10.4. The van der Waals surface area contributed by atoms with E-state index in [1.807, 2.05) is 43.3 Å². The second kappa shape index (κ2) is 7.48. The van der Waals surface area contributed by atoms with Crippen molar-refractivity contribution in [3.63, 3.8) is 0 Å². The van der Waals surface area contributed by atoms with E-state index < -0.39 is 6.10 Å². The topological polar surface area (TPSA) is 61.3 Å². The van der Waals surface area contributed by atoms with E-state index in [4.69, 9.17) is 9.97 Å². The smallest absolute Gasteiger partial charge is 0.229 e. The molecule has 0 spiro atoms. The molecule has 0 bridgehead atoms. The minimum absolute atomic E-state index is 0.423. The van der Waals surface area contributed by atoms with Crippen LogP contribution in [-0.4, -0.2) is 21.6 Å². The molecule has 2 N–H and O–H groups in total. The van der Waals surface area contributed by atoms with Crippen LogP contribution in [0.3, 0.4) is 0 Å². The lowest BCUT2D eigenvalue weighted by molar-refractivity contribution is 0.199. The van der Waals surface area contributed by atoms with Crippen molar-refractivity contribution in [3.8, 4) is 0 Å². The minimum Gasteiger partial charge on any atom is -0.389 e. The van der Waals surface area contributed by atoms with Gasteiger partial charge in [0.25, 0.3) is 0 Å². The third kappa shape index (κ3) is 3.96. The predicted octanol–water partition coefficient (Wildman–Crippen LogP) is 4.71. The van der Waals surface area contributed by atoms with Crippen molar-refractivity contribution >= 4 is 17.5 Å². The van der Waals surface area contributed by atoms with Gasteiger partial charge in [-0.15, -0.1) is 0 Å². The zero-order valence-corrected chi connectivity index (χ0v) is 16.7. The summed E-state index contributed by atoms with van der Waals surface area (Å²) < 4.78 is 0. The van der Waals surface area contributed by atoms with Crippen LogP contribution in [0, 0.1) is 0 Å². The first-order valence-electron chi connectivity index (χ1n) is 10.4. The number of nitrogens with one attached hydrogen (secondary N) is 1. The van der Waals surface area contributed by atoms with Crippen molar-refractivity contribution < 1.29 is 5.11 Å². The standard InChI is InChI=1S/C24H26N4O/c1-16(29)18-9-10-20-15-28(12-11-19(20)13-18)23-14-22(17-7-8-17)26-24(27-23)25-21-5-3-2-4-6-21/h2-6,9-10,13-14,16-17,29H,7-8,11-12,15H2,1H3,(H,25,26,27)/t16-/m1/s1. The highest BCUT2D eigenvalue weighted by molar-refractivity contribution is 5.56. The molecule has 5 heteroatoms. The van der Waals surface area contributed by atoms with E-state index >= 15 is 0 Å². The molecule has 1 fully saturated rings. The van der Waals surface area contributed by atoms with Gasteiger partial charge in [-0.3, -0.25) is 0 Å². The van der Waals surface area contributed by atoms with Gasteiger partial charge >= 0.3 is 0 Å². The number of hydrogen-bond donors (Lipinski definition) is 2. The van der Waals surface area contributed by atoms with Crippen molar-refractivity contribution in [3.05, 3.63) is 77.0 Å². The Morgan fingerprint density at radius 1 is 1.03 bits per heavy atom. The van der Waals surface area contributed by atoms with Crippen molar-refractivity contribution in [1.82, 2.24) is 9.97 Å². The number of aliphatic hydroxyl groups is 1. The van der Waals surface area contributed by atoms with Gasteiger partial charge in [-0.25, -0.2) is 4.98 Å². The largest absolute Gasteiger partial charge is 0.389 e. The van der Waals surface area contributed by atoms with Gasteiger partial charge in [0, 0.05) is 30.8 Å². The molecule has 0 saturated heterocycles. The van der Waals surface area contributed by atoms with E-state index in [-0.39, 0.29) is 0 Å². The molecule has 1 aliphatic carbocycles. The average Bonchev–Trinajstić information content (AvgIpc) is 3.59. The molecule has 2 aromatic carbocycles. The first kappa shape index (κ1) is 18.1. The van der Waals surface area contributed by atoms with Gasteiger partial charge < -0.3 is 15.3 Å². The second-order valence-electron chi connectivity index (χ2n) is 8.12. The van der Waals surface area contributed by atoms with Crippen LogP contribution in [-0.2, 0) is 13.0 Å².